The fourth-order valence-electron chi connectivity index (χ4n) is 1.04. The zero-order valence-electron chi connectivity index (χ0n) is 9.52. The minimum atomic E-state index is -6.06. The molecule has 0 saturated heterocycles. The van der Waals surface area contributed by atoms with Crippen molar-refractivity contribution >= 4 is 11.9 Å². The first-order valence-electron chi connectivity index (χ1n) is 4.93. The Morgan fingerprint density at radius 3 is 1.94 bits per heavy atom. The molecule has 0 spiro atoms. The quantitative estimate of drug-likeness (QED) is 0.753. The Labute approximate surface area is 99.2 Å². The van der Waals surface area contributed by atoms with Crippen LogP contribution in [0.4, 0.5) is 22.0 Å². The van der Waals surface area contributed by atoms with Crippen molar-refractivity contribution in [3.05, 3.63) is 0 Å². The van der Waals surface area contributed by atoms with Gasteiger partial charge in [-0.05, 0) is 5.92 Å². The van der Waals surface area contributed by atoms with Crippen LogP contribution in [0.15, 0.2) is 0 Å². The highest BCUT2D eigenvalue weighted by Crippen LogP contribution is 2.35. The van der Waals surface area contributed by atoms with Gasteiger partial charge in [0.05, 0.1) is 0 Å². The second-order valence-electron chi connectivity index (χ2n) is 3.75. The molecule has 0 aliphatic rings. The van der Waals surface area contributed by atoms with Crippen LogP contribution < -0.4 is 5.32 Å². The number of hydrogen-bond acceptors (Lipinski definition) is 2. The number of hydrogen-bond donors (Lipinski definition) is 2. The summed E-state index contributed by atoms with van der Waals surface area (Å²) < 4.78 is 60.8. The Morgan fingerprint density at radius 2 is 1.67 bits per heavy atom. The summed E-state index contributed by atoms with van der Waals surface area (Å²) in [4.78, 5) is 21.5. The Kier molecular flexibility index (Phi) is 5.06. The zero-order chi connectivity index (χ0) is 14.7. The van der Waals surface area contributed by atoms with Crippen LogP contribution in [0.2, 0.25) is 0 Å². The number of carboxylic acids is 1. The molecule has 0 aromatic heterocycles. The molecule has 0 fully saturated rings. The van der Waals surface area contributed by atoms with E-state index in [4.69, 9.17) is 5.11 Å². The Hall–Kier alpha value is -1.41. The van der Waals surface area contributed by atoms with Gasteiger partial charge in [-0.1, -0.05) is 20.3 Å². The second-order valence-corrected chi connectivity index (χ2v) is 3.75. The molecule has 106 valence electrons. The largest absolute Gasteiger partial charge is 0.480 e. The Balaban J connectivity index is 4.98. The molecule has 0 heterocycles. The summed E-state index contributed by atoms with van der Waals surface area (Å²) in [6, 6.07) is -1.80. The predicted molar refractivity (Wildman–Crippen MR) is 50.0 cm³/mol. The molecule has 0 bridgehead atoms. The summed E-state index contributed by atoms with van der Waals surface area (Å²) in [6.45, 7) is 2.82. The summed E-state index contributed by atoms with van der Waals surface area (Å²) in [7, 11) is 0. The van der Waals surface area contributed by atoms with Crippen molar-refractivity contribution in [2.24, 2.45) is 5.92 Å². The Bertz CT molecular complexity index is 329. The topological polar surface area (TPSA) is 66.4 Å². The number of halogens is 5. The average Bonchev–Trinajstić information content (AvgIpc) is 2.22. The third-order valence-corrected chi connectivity index (χ3v) is 2.41. The van der Waals surface area contributed by atoms with Crippen LogP contribution in [0.5, 0.6) is 0 Å². The van der Waals surface area contributed by atoms with Crippen LogP contribution >= 0.6 is 0 Å². The first-order valence-corrected chi connectivity index (χ1v) is 4.93. The van der Waals surface area contributed by atoms with Crippen molar-refractivity contribution in [3.8, 4) is 0 Å². The number of alkyl halides is 5. The Morgan fingerprint density at radius 1 is 1.22 bits per heavy atom. The van der Waals surface area contributed by atoms with Gasteiger partial charge in [0, 0.05) is 0 Å². The number of amides is 1. The van der Waals surface area contributed by atoms with Crippen molar-refractivity contribution in [2.75, 3.05) is 0 Å². The first-order chi connectivity index (χ1) is 7.95. The lowest BCUT2D eigenvalue weighted by Gasteiger charge is -2.24. The van der Waals surface area contributed by atoms with E-state index in [-0.39, 0.29) is 6.42 Å². The van der Waals surface area contributed by atoms with Gasteiger partial charge in [-0.15, -0.1) is 0 Å². The lowest BCUT2D eigenvalue weighted by molar-refractivity contribution is -0.270. The summed E-state index contributed by atoms with van der Waals surface area (Å²) >= 11 is 0. The molecule has 2 N–H and O–H groups in total. The number of rotatable bonds is 5. The number of carbonyl (C=O) groups is 2. The number of aliphatic carboxylic acids is 1. The molecule has 1 amide bonds. The molecular weight excluding hydrogens is 265 g/mol. The SMILES string of the molecule is CC[C@H](C)[C@H](NC(=O)C(F)(F)C(F)(F)F)C(=O)O. The molecule has 0 unspecified atom stereocenters. The second kappa shape index (κ2) is 5.49. The molecule has 0 radical (unpaired) electrons. The van der Waals surface area contributed by atoms with E-state index < -0.39 is 35.9 Å². The van der Waals surface area contributed by atoms with Gasteiger partial charge >= 0.3 is 24.0 Å². The molecule has 9 heteroatoms. The molecule has 18 heavy (non-hydrogen) atoms. The summed E-state index contributed by atoms with van der Waals surface area (Å²) in [6.07, 6.45) is -5.87. The fraction of sp³-hybridized carbons (Fsp3) is 0.778. The van der Waals surface area contributed by atoms with E-state index in [0.717, 1.165) is 0 Å². The van der Waals surface area contributed by atoms with Crippen LogP contribution in [0.1, 0.15) is 20.3 Å². The number of nitrogens with one attached hydrogen (secondary N) is 1. The number of carboxylic acid groups (broad SMARTS) is 1. The molecule has 0 saturated carbocycles. The maximum absolute atomic E-state index is 12.6. The molecular formula is C9H12F5NO3. The van der Waals surface area contributed by atoms with E-state index >= 15 is 0 Å². The molecule has 0 aromatic carbocycles. The van der Waals surface area contributed by atoms with E-state index in [1.165, 1.54) is 19.2 Å². The fourth-order valence-corrected chi connectivity index (χ4v) is 1.04. The van der Waals surface area contributed by atoms with Crippen LogP contribution in [-0.4, -0.2) is 35.1 Å². The van der Waals surface area contributed by atoms with Crippen molar-refractivity contribution in [2.45, 2.75) is 38.4 Å². The molecule has 0 aliphatic carbocycles. The van der Waals surface area contributed by atoms with E-state index in [0.29, 0.717) is 0 Å². The van der Waals surface area contributed by atoms with Gasteiger partial charge in [-0.25, -0.2) is 4.79 Å². The lowest BCUT2D eigenvalue weighted by Crippen LogP contribution is -2.56. The monoisotopic (exact) mass is 277 g/mol. The van der Waals surface area contributed by atoms with E-state index in [1.807, 2.05) is 0 Å². The van der Waals surface area contributed by atoms with Crippen molar-refractivity contribution in [3.63, 3.8) is 0 Å². The predicted octanol–water partition coefficient (Wildman–Crippen LogP) is 1.80. The van der Waals surface area contributed by atoms with E-state index in [2.05, 4.69) is 0 Å². The third kappa shape index (κ3) is 3.54. The van der Waals surface area contributed by atoms with Crippen molar-refractivity contribution in [1.29, 1.82) is 0 Å². The standard InChI is InChI=1S/C9H12F5NO3/c1-3-4(2)5(6(16)17)15-7(18)8(10,11)9(12,13)14/h4-5H,3H2,1-2H3,(H,15,18)(H,16,17)/t4-,5-/m0/s1. The van der Waals surface area contributed by atoms with Crippen LogP contribution in [0, 0.1) is 5.92 Å². The molecule has 2 atom stereocenters. The minimum absolute atomic E-state index is 0.189. The van der Waals surface area contributed by atoms with Gasteiger partial charge in [0.2, 0.25) is 0 Å². The molecule has 0 aliphatic heterocycles. The van der Waals surface area contributed by atoms with Crippen LogP contribution in [0.25, 0.3) is 0 Å². The summed E-state index contributed by atoms with van der Waals surface area (Å²) in [5.41, 5.74) is 0. The summed E-state index contributed by atoms with van der Waals surface area (Å²) in [5.74, 6) is -10.7. The third-order valence-electron chi connectivity index (χ3n) is 2.41. The van der Waals surface area contributed by atoms with Crippen LogP contribution in [-0.2, 0) is 9.59 Å². The highest BCUT2D eigenvalue weighted by molar-refractivity contribution is 5.88. The average molecular weight is 277 g/mol. The summed E-state index contributed by atoms with van der Waals surface area (Å²) in [5, 5.41) is 9.86. The first kappa shape index (κ1) is 16.6. The van der Waals surface area contributed by atoms with Gasteiger partial charge in [-0.2, -0.15) is 22.0 Å². The van der Waals surface area contributed by atoms with E-state index in [9.17, 15) is 31.5 Å². The van der Waals surface area contributed by atoms with Crippen molar-refractivity contribution in [1.82, 2.24) is 5.32 Å². The normalized spacial score (nSPS) is 15.9. The lowest BCUT2D eigenvalue weighted by atomic mass is 9.99. The molecule has 0 rings (SSSR count). The molecule has 4 nitrogen and oxygen atoms in total. The van der Waals surface area contributed by atoms with Gasteiger partial charge in [0.15, 0.2) is 0 Å². The highest BCUT2D eigenvalue weighted by atomic mass is 19.4. The number of carbonyl (C=O) groups excluding carboxylic acids is 1. The smallest absolute Gasteiger partial charge is 0.463 e. The van der Waals surface area contributed by atoms with Gasteiger partial charge < -0.3 is 10.4 Å². The minimum Gasteiger partial charge on any atom is -0.480 e. The maximum Gasteiger partial charge on any atom is 0.463 e. The van der Waals surface area contributed by atoms with Crippen molar-refractivity contribution < 1.29 is 36.6 Å². The van der Waals surface area contributed by atoms with Gasteiger partial charge in [0.25, 0.3) is 0 Å². The zero-order valence-corrected chi connectivity index (χ0v) is 9.52. The van der Waals surface area contributed by atoms with Gasteiger partial charge in [0.1, 0.15) is 6.04 Å². The van der Waals surface area contributed by atoms with Crippen LogP contribution in [0.3, 0.4) is 0 Å². The maximum atomic E-state index is 12.6. The van der Waals surface area contributed by atoms with Gasteiger partial charge in [-0.3, -0.25) is 4.79 Å². The van der Waals surface area contributed by atoms with E-state index in [1.54, 1.807) is 0 Å². The highest BCUT2D eigenvalue weighted by Gasteiger charge is 2.63. The molecule has 0 aromatic rings.